The van der Waals surface area contributed by atoms with Gasteiger partial charge in [-0.2, -0.15) is 0 Å². The Labute approximate surface area is 57.9 Å². The van der Waals surface area contributed by atoms with Crippen LogP contribution in [-0.4, -0.2) is 4.98 Å². The fourth-order valence-corrected chi connectivity index (χ4v) is 0.316. The zero-order valence-electron chi connectivity index (χ0n) is 3.85. The Morgan fingerprint density at radius 3 is 2.57 bits per heavy atom. The molecule has 0 aromatic carbocycles. The van der Waals surface area contributed by atoms with Gasteiger partial charge in [0.05, 0.1) is 0 Å². The molecule has 0 amide bonds. The van der Waals surface area contributed by atoms with Crippen LogP contribution in [0, 0.1) is 6.92 Å². The van der Waals surface area contributed by atoms with Crippen LogP contribution in [0.2, 0.25) is 0 Å². The van der Waals surface area contributed by atoms with Crippen LogP contribution in [0.5, 0.6) is 0 Å². The van der Waals surface area contributed by atoms with Crippen LogP contribution >= 0.6 is 0 Å². The van der Waals surface area contributed by atoms with E-state index in [1.54, 1.807) is 12.4 Å². The molecule has 42 valence electrons. The third kappa shape index (κ3) is 1.92. The number of hydrogen-bond acceptors (Lipinski definition) is 1. The second-order valence-corrected chi connectivity index (χ2v) is 1.10. The molecule has 0 N–H and O–H groups in total. The third-order valence-corrected chi connectivity index (χ3v) is 0.589. The van der Waals surface area contributed by atoms with E-state index >= 15 is 0 Å². The van der Waals surface area contributed by atoms with Crippen molar-refractivity contribution in [1.29, 1.82) is 0 Å². The SMILES string of the molecule is Cc1ncc[n-]1.[Ag+]. The van der Waals surface area contributed by atoms with E-state index in [0.29, 0.717) is 0 Å². The average Bonchev–Trinajstić information content (AvgIpc) is 1.86. The molecular weight excluding hydrogens is 184 g/mol. The van der Waals surface area contributed by atoms with Gasteiger partial charge in [0, 0.05) is 0 Å². The van der Waals surface area contributed by atoms with Crippen molar-refractivity contribution in [3.05, 3.63) is 18.2 Å². The molecular formula is C4H5AgN2. The Morgan fingerprint density at radius 1 is 1.71 bits per heavy atom. The molecule has 0 spiro atoms. The van der Waals surface area contributed by atoms with E-state index in [1.165, 1.54) is 0 Å². The number of hydrogen-bond donors (Lipinski definition) is 0. The third-order valence-electron chi connectivity index (χ3n) is 0.589. The van der Waals surface area contributed by atoms with Gasteiger partial charge < -0.3 is 9.97 Å². The van der Waals surface area contributed by atoms with Gasteiger partial charge in [-0.3, -0.25) is 0 Å². The van der Waals surface area contributed by atoms with Crippen LogP contribution in [0.4, 0.5) is 0 Å². The summed E-state index contributed by atoms with van der Waals surface area (Å²) in [4.78, 5) is 7.61. The van der Waals surface area contributed by atoms with E-state index in [4.69, 9.17) is 0 Å². The molecule has 3 heteroatoms. The standard InChI is InChI=1S/C4H5N2.Ag/c1-4-5-2-3-6-4;/h2-3H,1H3;/q-1;+1. The van der Waals surface area contributed by atoms with E-state index in [-0.39, 0.29) is 22.4 Å². The fraction of sp³-hybridized carbons (Fsp3) is 0.250. The Hall–Kier alpha value is -0.0497. The Morgan fingerprint density at radius 2 is 2.43 bits per heavy atom. The van der Waals surface area contributed by atoms with Crippen LogP contribution in [0.3, 0.4) is 0 Å². The summed E-state index contributed by atoms with van der Waals surface area (Å²) in [5.74, 6) is 0.843. The molecule has 0 atom stereocenters. The number of imidazole rings is 1. The van der Waals surface area contributed by atoms with Gasteiger partial charge in [-0.05, 0) is 6.92 Å². The van der Waals surface area contributed by atoms with Crippen molar-refractivity contribution in [3.8, 4) is 0 Å². The predicted molar refractivity (Wildman–Crippen MR) is 22.3 cm³/mol. The molecule has 0 aliphatic rings. The first kappa shape index (κ1) is 6.95. The largest absolute Gasteiger partial charge is 1.00 e. The fourth-order valence-electron chi connectivity index (χ4n) is 0.316. The molecule has 1 aromatic rings. The zero-order valence-corrected chi connectivity index (χ0v) is 5.33. The molecule has 0 bridgehead atoms. The molecule has 0 fully saturated rings. The van der Waals surface area contributed by atoms with Crippen molar-refractivity contribution in [2.75, 3.05) is 0 Å². The minimum Gasteiger partial charge on any atom is -0.447 e. The van der Waals surface area contributed by atoms with Gasteiger partial charge in [0.2, 0.25) is 0 Å². The summed E-state index contributed by atoms with van der Waals surface area (Å²) < 4.78 is 0. The molecule has 0 unspecified atom stereocenters. The smallest absolute Gasteiger partial charge is 0.447 e. The van der Waals surface area contributed by atoms with Gasteiger partial charge in [0.25, 0.3) is 0 Å². The van der Waals surface area contributed by atoms with E-state index in [0.717, 1.165) is 5.82 Å². The van der Waals surface area contributed by atoms with Gasteiger partial charge in [-0.25, -0.2) is 0 Å². The van der Waals surface area contributed by atoms with Crippen molar-refractivity contribution in [1.82, 2.24) is 9.97 Å². The first-order valence-corrected chi connectivity index (χ1v) is 1.80. The second-order valence-electron chi connectivity index (χ2n) is 1.10. The predicted octanol–water partition coefficient (Wildman–Crippen LogP) is 0.345. The van der Waals surface area contributed by atoms with Gasteiger partial charge in [0.15, 0.2) is 0 Å². The normalized spacial score (nSPS) is 7.57. The molecule has 2 nitrogen and oxygen atoms in total. The van der Waals surface area contributed by atoms with E-state index in [2.05, 4.69) is 9.97 Å². The zero-order chi connectivity index (χ0) is 4.41. The summed E-state index contributed by atoms with van der Waals surface area (Å²) in [5, 5.41) is 0. The van der Waals surface area contributed by atoms with Crippen LogP contribution in [0.1, 0.15) is 5.82 Å². The summed E-state index contributed by atoms with van der Waals surface area (Å²) in [6, 6.07) is 0. The average molecular weight is 189 g/mol. The van der Waals surface area contributed by atoms with Crippen molar-refractivity contribution >= 4 is 0 Å². The number of rotatable bonds is 0. The van der Waals surface area contributed by atoms with Crippen LogP contribution in [-0.2, 0) is 22.4 Å². The Bertz CT molecular complexity index is 113. The molecule has 7 heavy (non-hydrogen) atoms. The Kier molecular flexibility index (Phi) is 3.00. The maximum Gasteiger partial charge on any atom is 1.00 e. The van der Waals surface area contributed by atoms with E-state index < -0.39 is 0 Å². The van der Waals surface area contributed by atoms with Gasteiger partial charge in [-0.15, -0.1) is 0 Å². The van der Waals surface area contributed by atoms with Crippen LogP contribution < -0.4 is 4.98 Å². The molecule has 0 aliphatic heterocycles. The summed E-state index contributed by atoms with van der Waals surface area (Å²) in [6.07, 6.45) is 3.35. The van der Waals surface area contributed by atoms with Gasteiger partial charge >= 0.3 is 22.4 Å². The molecule has 1 heterocycles. The molecule has 0 saturated heterocycles. The maximum absolute atomic E-state index is 3.81. The van der Waals surface area contributed by atoms with Crippen molar-refractivity contribution in [2.45, 2.75) is 6.92 Å². The molecule has 1 aromatic heterocycles. The van der Waals surface area contributed by atoms with Gasteiger partial charge in [-0.1, -0.05) is 18.2 Å². The molecule has 1 rings (SSSR count). The topological polar surface area (TPSA) is 27.0 Å². The number of nitrogens with zero attached hydrogens (tertiary/aromatic N) is 2. The number of aryl methyl sites for hydroxylation is 1. The van der Waals surface area contributed by atoms with Gasteiger partial charge in [0.1, 0.15) is 0 Å². The van der Waals surface area contributed by atoms with Crippen molar-refractivity contribution < 1.29 is 22.4 Å². The molecule has 0 aliphatic carbocycles. The Balaban J connectivity index is 0.000000360. The quantitative estimate of drug-likeness (QED) is 0.550. The molecule has 0 radical (unpaired) electrons. The van der Waals surface area contributed by atoms with Crippen LogP contribution in [0.15, 0.2) is 12.4 Å². The van der Waals surface area contributed by atoms with Crippen molar-refractivity contribution in [3.63, 3.8) is 0 Å². The summed E-state index contributed by atoms with van der Waals surface area (Å²) in [6.45, 7) is 1.86. The summed E-state index contributed by atoms with van der Waals surface area (Å²) in [5.41, 5.74) is 0. The first-order valence-electron chi connectivity index (χ1n) is 1.80. The summed E-state index contributed by atoms with van der Waals surface area (Å²) >= 11 is 0. The minimum absolute atomic E-state index is 0. The monoisotopic (exact) mass is 188 g/mol. The number of aromatic nitrogens is 2. The van der Waals surface area contributed by atoms with E-state index in [9.17, 15) is 0 Å². The first-order chi connectivity index (χ1) is 2.89. The van der Waals surface area contributed by atoms with Crippen molar-refractivity contribution in [2.24, 2.45) is 0 Å². The molecule has 0 saturated carbocycles. The summed E-state index contributed by atoms with van der Waals surface area (Å²) in [7, 11) is 0. The minimum atomic E-state index is 0. The van der Waals surface area contributed by atoms with Crippen LogP contribution in [0.25, 0.3) is 0 Å². The maximum atomic E-state index is 3.81. The second kappa shape index (κ2) is 3.02. The van der Waals surface area contributed by atoms with E-state index in [1.807, 2.05) is 6.92 Å².